The van der Waals surface area contributed by atoms with E-state index in [4.69, 9.17) is 0 Å². The molecule has 1 heterocycles. The van der Waals surface area contributed by atoms with Crippen molar-refractivity contribution in [2.45, 2.75) is 19.8 Å². The fourth-order valence-electron chi connectivity index (χ4n) is 1.63. The molecule has 1 N–H and O–H groups in total. The summed E-state index contributed by atoms with van der Waals surface area (Å²) >= 11 is 0. The molecule has 0 saturated carbocycles. The fourth-order valence-corrected chi connectivity index (χ4v) is 1.63. The van der Waals surface area contributed by atoms with Crippen molar-refractivity contribution in [1.29, 1.82) is 0 Å². The lowest BCUT2D eigenvalue weighted by atomic mass is 10.1. The number of hydrogen-bond donors (Lipinski definition) is 1. The van der Waals surface area contributed by atoms with Crippen molar-refractivity contribution in [1.82, 2.24) is 9.78 Å². The van der Waals surface area contributed by atoms with Crippen molar-refractivity contribution in [3.05, 3.63) is 52.2 Å². The van der Waals surface area contributed by atoms with Gasteiger partial charge in [0.05, 0.1) is 5.69 Å². The maximum Gasteiger partial charge on any atom is 0.264 e. The number of nitrogens with zero attached hydrogens (tertiary/aromatic N) is 1. The van der Waals surface area contributed by atoms with Gasteiger partial charge in [0, 0.05) is 11.8 Å². The number of benzene rings is 1. The molecule has 0 amide bonds. The van der Waals surface area contributed by atoms with Crippen molar-refractivity contribution in [2.75, 3.05) is 0 Å². The summed E-state index contributed by atoms with van der Waals surface area (Å²) < 4.78 is 14.5. The number of hydrogen-bond acceptors (Lipinski definition) is 1. The molecule has 0 saturated heterocycles. The Hall–Kier alpha value is -1.84. The highest BCUT2D eigenvalue weighted by Gasteiger charge is 2.09. The minimum absolute atomic E-state index is 0.145. The van der Waals surface area contributed by atoms with E-state index in [0.29, 0.717) is 0 Å². The molecule has 0 aliphatic rings. The summed E-state index contributed by atoms with van der Waals surface area (Å²) in [5.41, 5.74) is 1.50. The summed E-state index contributed by atoms with van der Waals surface area (Å²) in [6.07, 6.45) is 0. The molecule has 84 valence electrons. The molecule has 0 spiro atoms. The fraction of sp³-hybridized carbons (Fsp3) is 0.250. The van der Waals surface area contributed by atoms with E-state index in [0.717, 1.165) is 11.4 Å². The first-order chi connectivity index (χ1) is 7.58. The normalized spacial score (nSPS) is 11.0. The van der Waals surface area contributed by atoms with Crippen LogP contribution in [0.2, 0.25) is 0 Å². The summed E-state index contributed by atoms with van der Waals surface area (Å²) in [6, 6.07) is 7.58. The van der Waals surface area contributed by atoms with Gasteiger partial charge in [-0.15, -0.1) is 0 Å². The van der Waals surface area contributed by atoms with Gasteiger partial charge in [0.1, 0.15) is 5.82 Å². The Morgan fingerprint density at radius 2 is 1.88 bits per heavy atom. The van der Waals surface area contributed by atoms with Crippen molar-refractivity contribution in [3.63, 3.8) is 0 Å². The van der Waals surface area contributed by atoms with E-state index in [1.54, 1.807) is 22.9 Å². The summed E-state index contributed by atoms with van der Waals surface area (Å²) in [4.78, 5) is 11.3. The summed E-state index contributed by atoms with van der Waals surface area (Å²) in [6.45, 7) is 4.01. The van der Waals surface area contributed by atoms with Crippen LogP contribution in [0.5, 0.6) is 0 Å². The predicted octanol–water partition coefficient (Wildman–Crippen LogP) is 2.43. The quantitative estimate of drug-likeness (QED) is 0.829. The molecule has 2 rings (SSSR count). The number of aromatic amines is 1. The van der Waals surface area contributed by atoms with E-state index in [1.807, 2.05) is 13.8 Å². The van der Waals surface area contributed by atoms with Gasteiger partial charge in [-0.2, -0.15) is 0 Å². The lowest BCUT2D eigenvalue weighted by Gasteiger charge is -2.10. The first-order valence-electron chi connectivity index (χ1n) is 5.16. The topological polar surface area (TPSA) is 37.8 Å². The molecule has 1 aromatic heterocycles. The van der Waals surface area contributed by atoms with Gasteiger partial charge in [-0.05, 0) is 30.2 Å². The maximum atomic E-state index is 12.8. The third-order valence-corrected chi connectivity index (χ3v) is 2.44. The van der Waals surface area contributed by atoms with Gasteiger partial charge in [0.25, 0.3) is 5.56 Å². The first kappa shape index (κ1) is 10.7. The van der Waals surface area contributed by atoms with E-state index >= 15 is 0 Å². The standard InChI is InChI=1S/C12H13FN2O/c1-8(2)11-7-12(16)14-15(11)10-5-3-9(13)4-6-10/h3-8H,1-2H3,(H,14,16). The molecule has 1 aromatic carbocycles. The van der Waals surface area contributed by atoms with Crippen LogP contribution in [0.4, 0.5) is 4.39 Å². The zero-order valence-electron chi connectivity index (χ0n) is 9.20. The number of rotatable bonds is 2. The Bertz CT molecular complexity index is 537. The molecule has 2 aromatic rings. The van der Waals surface area contributed by atoms with Crippen LogP contribution in [0.1, 0.15) is 25.5 Å². The van der Waals surface area contributed by atoms with E-state index in [-0.39, 0.29) is 17.3 Å². The van der Waals surface area contributed by atoms with E-state index in [1.165, 1.54) is 12.1 Å². The van der Waals surface area contributed by atoms with Gasteiger partial charge in [-0.3, -0.25) is 14.6 Å². The van der Waals surface area contributed by atoms with E-state index in [9.17, 15) is 9.18 Å². The number of halogens is 1. The molecular weight excluding hydrogens is 207 g/mol. The van der Waals surface area contributed by atoms with Crippen LogP contribution in [0.15, 0.2) is 35.1 Å². The molecule has 0 radical (unpaired) electrons. The lowest BCUT2D eigenvalue weighted by Crippen LogP contribution is -2.06. The summed E-state index contributed by atoms with van der Waals surface area (Å²) in [5, 5.41) is 2.70. The minimum atomic E-state index is -0.288. The molecule has 0 fully saturated rings. The third-order valence-electron chi connectivity index (χ3n) is 2.44. The molecular formula is C12H13FN2O. The van der Waals surface area contributed by atoms with Crippen molar-refractivity contribution >= 4 is 0 Å². The van der Waals surface area contributed by atoms with Gasteiger partial charge in [0.15, 0.2) is 0 Å². The van der Waals surface area contributed by atoms with Crippen LogP contribution in [0.25, 0.3) is 5.69 Å². The average Bonchev–Trinajstić information content (AvgIpc) is 2.61. The molecule has 3 nitrogen and oxygen atoms in total. The Kier molecular flexibility index (Phi) is 2.64. The first-order valence-corrected chi connectivity index (χ1v) is 5.16. The van der Waals surface area contributed by atoms with Crippen LogP contribution in [0, 0.1) is 5.82 Å². The largest absolute Gasteiger partial charge is 0.268 e. The van der Waals surface area contributed by atoms with Crippen LogP contribution in [-0.4, -0.2) is 9.78 Å². The smallest absolute Gasteiger partial charge is 0.264 e. The molecule has 0 atom stereocenters. The number of nitrogens with one attached hydrogen (secondary N) is 1. The van der Waals surface area contributed by atoms with Crippen LogP contribution >= 0.6 is 0 Å². The second-order valence-corrected chi connectivity index (χ2v) is 4.01. The number of H-pyrrole nitrogens is 1. The number of aromatic nitrogens is 2. The van der Waals surface area contributed by atoms with Gasteiger partial charge < -0.3 is 0 Å². The SMILES string of the molecule is CC(C)c1cc(=O)[nH]n1-c1ccc(F)cc1. The molecule has 0 aliphatic carbocycles. The van der Waals surface area contributed by atoms with E-state index in [2.05, 4.69) is 5.10 Å². The van der Waals surface area contributed by atoms with Crippen LogP contribution in [-0.2, 0) is 0 Å². The van der Waals surface area contributed by atoms with Crippen molar-refractivity contribution < 1.29 is 4.39 Å². The van der Waals surface area contributed by atoms with Crippen LogP contribution in [0.3, 0.4) is 0 Å². The van der Waals surface area contributed by atoms with Gasteiger partial charge in [-0.1, -0.05) is 13.8 Å². The highest BCUT2D eigenvalue weighted by Crippen LogP contribution is 2.16. The maximum absolute atomic E-state index is 12.8. The summed E-state index contributed by atoms with van der Waals surface area (Å²) in [5.74, 6) is -0.0617. The second kappa shape index (κ2) is 3.96. The predicted molar refractivity (Wildman–Crippen MR) is 60.4 cm³/mol. The highest BCUT2D eigenvalue weighted by atomic mass is 19.1. The second-order valence-electron chi connectivity index (χ2n) is 4.01. The average molecular weight is 220 g/mol. The lowest BCUT2D eigenvalue weighted by molar-refractivity contribution is 0.626. The minimum Gasteiger partial charge on any atom is -0.268 e. The van der Waals surface area contributed by atoms with E-state index < -0.39 is 0 Å². The zero-order chi connectivity index (χ0) is 11.7. The molecule has 0 bridgehead atoms. The Morgan fingerprint density at radius 3 is 2.44 bits per heavy atom. The molecule has 4 heteroatoms. The van der Waals surface area contributed by atoms with Crippen LogP contribution < -0.4 is 5.56 Å². The molecule has 16 heavy (non-hydrogen) atoms. The molecule has 0 unspecified atom stereocenters. The van der Waals surface area contributed by atoms with Crippen molar-refractivity contribution in [3.8, 4) is 5.69 Å². The Morgan fingerprint density at radius 1 is 1.25 bits per heavy atom. The Labute approximate surface area is 92.5 Å². The Balaban J connectivity index is 2.55. The van der Waals surface area contributed by atoms with Gasteiger partial charge in [0.2, 0.25) is 0 Å². The summed E-state index contributed by atoms with van der Waals surface area (Å²) in [7, 11) is 0. The van der Waals surface area contributed by atoms with Crippen molar-refractivity contribution in [2.24, 2.45) is 0 Å². The van der Waals surface area contributed by atoms with Gasteiger partial charge in [-0.25, -0.2) is 4.39 Å². The molecule has 0 aliphatic heterocycles. The monoisotopic (exact) mass is 220 g/mol. The third kappa shape index (κ3) is 1.91. The zero-order valence-corrected chi connectivity index (χ0v) is 9.20. The highest BCUT2D eigenvalue weighted by molar-refractivity contribution is 5.33. The van der Waals surface area contributed by atoms with Gasteiger partial charge >= 0.3 is 0 Å².